The quantitative estimate of drug-likeness (QED) is 0.652. The summed E-state index contributed by atoms with van der Waals surface area (Å²) in [7, 11) is 0. The van der Waals surface area contributed by atoms with Crippen molar-refractivity contribution in [2.75, 3.05) is 12.3 Å². The Hall–Kier alpha value is -3.71. The molecule has 0 spiro atoms. The summed E-state index contributed by atoms with van der Waals surface area (Å²) in [6.45, 7) is -0.722. The number of imide groups is 1. The molecule has 1 fully saturated rings. The van der Waals surface area contributed by atoms with Crippen LogP contribution in [-0.4, -0.2) is 65.1 Å². The molecule has 1 saturated heterocycles. The van der Waals surface area contributed by atoms with Crippen LogP contribution < -0.4 is 5.73 Å². The number of fused-ring (bicyclic) bond motifs is 1. The van der Waals surface area contributed by atoms with Gasteiger partial charge in [0.15, 0.2) is 11.9 Å². The van der Waals surface area contributed by atoms with Gasteiger partial charge in [0, 0.05) is 19.3 Å². The van der Waals surface area contributed by atoms with Crippen molar-refractivity contribution in [3.05, 3.63) is 35.5 Å². The molecule has 3 N–H and O–H groups in total. The topological polar surface area (TPSA) is 148 Å². The number of amides is 3. The van der Waals surface area contributed by atoms with Crippen molar-refractivity contribution in [2.45, 2.75) is 31.7 Å². The summed E-state index contributed by atoms with van der Waals surface area (Å²) in [6, 6.07) is 0.792. The van der Waals surface area contributed by atoms with Gasteiger partial charge in [-0.2, -0.15) is 13.2 Å². The zero-order chi connectivity index (χ0) is 22.5. The summed E-state index contributed by atoms with van der Waals surface area (Å²) >= 11 is 0. The maximum Gasteiger partial charge on any atom is 0.451 e. The molecule has 0 aliphatic carbocycles. The lowest BCUT2D eigenvalue weighted by Gasteiger charge is -2.45. The molecule has 0 aromatic carbocycles. The van der Waals surface area contributed by atoms with Crippen LogP contribution in [0.2, 0.25) is 0 Å². The molecule has 2 aromatic rings. The summed E-state index contributed by atoms with van der Waals surface area (Å²) in [6.07, 6.45) is -3.22. The molecule has 2 aromatic heterocycles. The Morgan fingerprint density at radius 1 is 1.26 bits per heavy atom. The molecule has 14 heteroatoms. The smallest absolute Gasteiger partial charge is 0.451 e. The maximum absolute atomic E-state index is 13.0. The fourth-order valence-corrected chi connectivity index (χ4v) is 3.80. The van der Waals surface area contributed by atoms with Crippen molar-refractivity contribution >= 4 is 23.7 Å². The highest BCUT2D eigenvalue weighted by atomic mass is 19.4. The van der Waals surface area contributed by atoms with Gasteiger partial charge in [0.1, 0.15) is 5.82 Å². The summed E-state index contributed by atoms with van der Waals surface area (Å²) in [5, 5.41) is 16.2. The molecule has 0 saturated carbocycles. The number of carboxylic acids is 1. The van der Waals surface area contributed by atoms with E-state index in [1.54, 1.807) is 6.07 Å². The highest BCUT2D eigenvalue weighted by Gasteiger charge is 2.56. The number of nitrogens with two attached hydrogens (primary N) is 1. The minimum Gasteiger partial charge on any atom is -0.480 e. The number of β-lactam (4-membered cyclic amide) rings is 1. The zero-order valence-corrected chi connectivity index (χ0v) is 15.8. The van der Waals surface area contributed by atoms with E-state index >= 15 is 0 Å². The minimum atomic E-state index is -4.69. The number of carboxylic acid groups (broad SMARTS) is 1. The standard InChI is InChI=1S/C17H16F3N7O4/c18-17(19,20)15-24-23-11-7-25(3-4-26(11)15)16(31)27-12(14(29)30)9(13(27)28)5-8-1-2-22-10(21)6-8/h1-2,6,9,12H,3-5,7H2,(H2,21,22)(H,29,30)/t9-,12+/m1/s1. The number of pyridine rings is 1. The van der Waals surface area contributed by atoms with Gasteiger partial charge in [0.2, 0.25) is 11.7 Å². The summed E-state index contributed by atoms with van der Waals surface area (Å²) < 4.78 is 39.7. The molecule has 0 unspecified atom stereocenters. The lowest BCUT2D eigenvalue weighted by molar-refractivity contribution is -0.166. The number of carbonyl (C=O) groups excluding carboxylic acids is 2. The Kier molecular flexibility index (Phi) is 4.78. The first-order valence-electron chi connectivity index (χ1n) is 9.12. The van der Waals surface area contributed by atoms with Gasteiger partial charge in [-0.1, -0.05) is 0 Å². The van der Waals surface area contributed by atoms with E-state index in [0.29, 0.717) is 10.5 Å². The molecule has 2 aliphatic rings. The van der Waals surface area contributed by atoms with E-state index in [1.165, 1.54) is 12.3 Å². The Bertz CT molecular complexity index is 1070. The normalized spacial score (nSPS) is 20.9. The molecule has 4 heterocycles. The van der Waals surface area contributed by atoms with E-state index in [2.05, 4.69) is 15.2 Å². The molecule has 11 nitrogen and oxygen atoms in total. The second-order valence-electron chi connectivity index (χ2n) is 7.18. The lowest BCUT2D eigenvalue weighted by Crippen LogP contribution is -2.69. The Morgan fingerprint density at radius 3 is 2.65 bits per heavy atom. The first-order valence-corrected chi connectivity index (χ1v) is 9.12. The average molecular weight is 439 g/mol. The first kappa shape index (κ1) is 20.6. The average Bonchev–Trinajstić information content (AvgIpc) is 3.13. The van der Waals surface area contributed by atoms with Crippen LogP contribution in [0, 0.1) is 5.92 Å². The fraction of sp³-hybridized carbons (Fsp3) is 0.412. The molecule has 4 rings (SSSR count). The molecule has 2 atom stereocenters. The second kappa shape index (κ2) is 7.21. The highest BCUT2D eigenvalue weighted by Crippen LogP contribution is 2.33. The van der Waals surface area contributed by atoms with E-state index in [-0.39, 0.29) is 37.7 Å². The second-order valence-corrected chi connectivity index (χ2v) is 7.18. The van der Waals surface area contributed by atoms with Crippen LogP contribution in [0.25, 0.3) is 0 Å². The van der Waals surface area contributed by atoms with Gasteiger partial charge >= 0.3 is 18.2 Å². The van der Waals surface area contributed by atoms with E-state index in [4.69, 9.17) is 5.73 Å². The number of likely N-dealkylation sites (tertiary alicyclic amines) is 1. The minimum absolute atomic E-state index is 0.0512. The molecular weight excluding hydrogens is 423 g/mol. The molecule has 0 bridgehead atoms. The first-order chi connectivity index (χ1) is 14.6. The molecule has 0 radical (unpaired) electrons. The number of anilines is 1. The Morgan fingerprint density at radius 2 is 2.00 bits per heavy atom. The molecule has 31 heavy (non-hydrogen) atoms. The summed E-state index contributed by atoms with van der Waals surface area (Å²) in [5.74, 6) is -4.09. The number of halogens is 3. The van der Waals surface area contributed by atoms with Crippen LogP contribution >= 0.6 is 0 Å². The van der Waals surface area contributed by atoms with Gasteiger partial charge in [0.05, 0.1) is 12.5 Å². The van der Waals surface area contributed by atoms with Crippen molar-refractivity contribution in [1.82, 2.24) is 29.5 Å². The number of aromatic nitrogens is 4. The van der Waals surface area contributed by atoms with Crippen molar-refractivity contribution in [3.63, 3.8) is 0 Å². The molecule has 164 valence electrons. The van der Waals surface area contributed by atoms with Crippen LogP contribution in [0.4, 0.5) is 23.8 Å². The maximum atomic E-state index is 13.0. The van der Waals surface area contributed by atoms with Crippen LogP contribution in [0.3, 0.4) is 0 Å². The van der Waals surface area contributed by atoms with E-state index in [0.717, 1.165) is 9.47 Å². The fourth-order valence-electron chi connectivity index (χ4n) is 3.80. The monoisotopic (exact) mass is 439 g/mol. The Balaban J connectivity index is 1.50. The van der Waals surface area contributed by atoms with E-state index < -0.39 is 41.9 Å². The zero-order valence-electron chi connectivity index (χ0n) is 15.8. The van der Waals surface area contributed by atoms with Gasteiger partial charge in [-0.15, -0.1) is 10.2 Å². The summed E-state index contributed by atoms with van der Waals surface area (Å²) in [5.41, 5.74) is 6.19. The lowest BCUT2D eigenvalue weighted by atomic mass is 9.82. The summed E-state index contributed by atoms with van der Waals surface area (Å²) in [4.78, 5) is 42.7. The number of rotatable bonds is 3. The van der Waals surface area contributed by atoms with Crippen LogP contribution in [-0.2, 0) is 35.3 Å². The third-order valence-electron chi connectivity index (χ3n) is 5.25. The van der Waals surface area contributed by atoms with Crippen LogP contribution in [0.1, 0.15) is 17.2 Å². The SMILES string of the molecule is Nc1cc(C[C@H]2C(=O)N(C(=O)N3CCn4c(nnc4C(F)(F)F)C3)[C@@H]2C(=O)O)ccn1. The predicted molar refractivity (Wildman–Crippen MR) is 94.9 cm³/mol. The van der Waals surface area contributed by atoms with E-state index in [1.807, 2.05) is 0 Å². The van der Waals surface area contributed by atoms with Crippen molar-refractivity contribution in [1.29, 1.82) is 0 Å². The number of urea groups is 1. The number of aliphatic carboxylic acids is 1. The van der Waals surface area contributed by atoms with Gasteiger partial charge in [0.25, 0.3) is 0 Å². The predicted octanol–water partition coefficient (Wildman–Crippen LogP) is 0.364. The van der Waals surface area contributed by atoms with Crippen molar-refractivity contribution < 1.29 is 32.7 Å². The third-order valence-corrected chi connectivity index (χ3v) is 5.25. The van der Waals surface area contributed by atoms with Gasteiger partial charge in [-0.3, -0.25) is 4.79 Å². The number of nitrogens with zero attached hydrogens (tertiary/aromatic N) is 6. The van der Waals surface area contributed by atoms with Crippen LogP contribution in [0.5, 0.6) is 0 Å². The number of nitrogen functional groups attached to an aromatic ring is 1. The van der Waals surface area contributed by atoms with E-state index in [9.17, 15) is 32.7 Å². The van der Waals surface area contributed by atoms with Gasteiger partial charge in [-0.05, 0) is 24.1 Å². The van der Waals surface area contributed by atoms with Crippen LogP contribution in [0.15, 0.2) is 18.3 Å². The number of alkyl halides is 3. The largest absolute Gasteiger partial charge is 0.480 e. The third kappa shape index (κ3) is 3.53. The van der Waals surface area contributed by atoms with Crippen molar-refractivity contribution in [3.8, 4) is 0 Å². The number of hydrogen-bond acceptors (Lipinski definition) is 7. The van der Waals surface area contributed by atoms with Gasteiger partial charge < -0.3 is 20.3 Å². The number of hydrogen-bond donors (Lipinski definition) is 2. The van der Waals surface area contributed by atoms with Crippen molar-refractivity contribution in [2.24, 2.45) is 5.92 Å². The molecular formula is C17H16F3N7O4. The van der Waals surface area contributed by atoms with Gasteiger partial charge in [-0.25, -0.2) is 19.5 Å². The number of carbonyl (C=O) groups is 3. The molecule has 2 aliphatic heterocycles. The highest BCUT2D eigenvalue weighted by molar-refractivity contribution is 6.07. The Labute approximate surface area is 172 Å². The molecule has 3 amide bonds.